The van der Waals surface area contributed by atoms with Crippen LogP contribution in [0.15, 0.2) is 42.2 Å². The van der Waals surface area contributed by atoms with Gasteiger partial charge in [0.1, 0.15) is 0 Å². The van der Waals surface area contributed by atoms with Crippen molar-refractivity contribution >= 4 is 26.9 Å². The van der Waals surface area contributed by atoms with Gasteiger partial charge >= 0.3 is 18.9 Å². The Hall–Kier alpha value is 0.172. The minimum atomic E-state index is -1.28. The molecule has 1 rings (SSSR count). The average Bonchev–Trinajstić information content (AvgIpc) is 2.32. The van der Waals surface area contributed by atoms with E-state index in [-0.39, 0.29) is 48.9 Å². The summed E-state index contributed by atoms with van der Waals surface area (Å²) in [6.45, 7) is 13.0. The summed E-state index contributed by atoms with van der Waals surface area (Å²) in [5.74, 6) is 0.594. The Kier molecular flexibility index (Phi) is 11.2. The molecule has 0 aliphatic rings. The van der Waals surface area contributed by atoms with E-state index in [1.165, 1.54) is 5.56 Å². The Morgan fingerprint density at radius 3 is 2.05 bits per heavy atom. The Balaban J connectivity index is 0. The summed E-state index contributed by atoms with van der Waals surface area (Å²) in [6, 6.07) is 13.0. The summed E-state index contributed by atoms with van der Waals surface area (Å²) in [4.78, 5) is 0. The molecule has 112 valence electrons. The molecule has 1 unspecified atom stereocenters. The predicted molar refractivity (Wildman–Crippen MR) is 94.7 cm³/mol. The number of allylic oxidation sites excluding steroid dienone is 2. The fraction of sp³-hybridized carbons (Fsp3) is 0.500. The van der Waals surface area contributed by atoms with Gasteiger partial charge in [-0.05, 0) is 29.4 Å². The van der Waals surface area contributed by atoms with Crippen LogP contribution >= 0.6 is 0 Å². The number of rotatable bonds is 5. The summed E-state index contributed by atoms with van der Waals surface area (Å²) in [5, 5.41) is 12.1. The van der Waals surface area contributed by atoms with Crippen LogP contribution < -0.4 is 24.0 Å². The Bertz CT molecular complexity index is 444. The maximum absolute atomic E-state index is 12.1. The van der Waals surface area contributed by atoms with Crippen molar-refractivity contribution in [2.45, 2.75) is 52.8 Å². The van der Waals surface area contributed by atoms with Crippen LogP contribution in [0.3, 0.4) is 0 Å². The van der Waals surface area contributed by atoms with Gasteiger partial charge in [-0.3, -0.25) is 0 Å². The van der Waals surface area contributed by atoms with E-state index < -0.39 is 8.07 Å². The molecule has 1 aromatic carbocycles. The maximum Gasteiger partial charge on any atom is 1.00 e. The summed E-state index contributed by atoms with van der Waals surface area (Å²) in [6.07, 6.45) is 2.69. The molecule has 0 saturated carbocycles. The molecule has 0 spiro atoms. The minimum Gasteiger partial charge on any atom is -0.875 e. The number of hydrogen-bond donors (Lipinski definition) is 0. The van der Waals surface area contributed by atoms with E-state index in [9.17, 15) is 5.11 Å². The van der Waals surface area contributed by atoms with Gasteiger partial charge in [-0.2, -0.15) is 0 Å². The van der Waals surface area contributed by atoms with Crippen LogP contribution in [-0.4, -0.2) is 26.9 Å². The molecule has 0 saturated heterocycles. The zero-order chi connectivity index (χ0) is 15.4. The van der Waals surface area contributed by atoms with Crippen LogP contribution in [0.5, 0.6) is 0 Å². The molecular formula is C18H28Li2OSi. The van der Waals surface area contributed by atoms with Crippen molar-refractivity contribution in [1.29, 1.82) is 0 Å². The molecule has 4 heteroatoms. The van der Waals surface area contributed by atoms with Crippen LogP contribution in [0.1, 0.15) is 38.7 Å². The molecule has 0 amide bonds. The first kappa shape index (κ1) is 24.4. The van der Waals surface area contributed by atoms with E-state index in [4.69, 9.17) is 0 Å². The van der Waals surface area contributed by atoms with Crippen LogP contribution in [-0.2, 0) is 0 Å². The molecule has 0 aromatic heterocycles. The fourth-order valence-corrected chi connectivity index (χ4v) is 3.68. The summed E-state index contributed by atoms with van der Waals surface area (Å²) in [5.41, 5.74) is 1.04. The van der Waals surface area contributed by atoms with Gasteiger partial charge in [0, 0.05) is 26.9 Å². The van der Waals surface area contributed by atoms with Crippen molar-refractivity contribution in [3.63, 3.8) is 0 Å². The van der Waals surface area contributed by atoms with Crippen molar-refractivity contribution in [1.82, 2.24) is 0 Å². The van der Waals surface area contributed by atoms with Crippen LogP contribution in [0.2, 0.25) is 19.6 Å². The normalized spacial score (nSPS) is 13.8. The third-order valence-corrected chi connectivity index (χ3v) is 4.63. The smallest absolute Gasteiger partial charge is 0.875 e. The van der Waals surface area contributed by atoms with Crippen molar-refractivity contribution in [2.75, 3.05) is 0 Å². The first-order valence-corrected chi connectivity index (χ1v) is 11.0. The Morgan fingerprint density at radius 2 is 1.64 bits per heavy atom. The van der Waals surface area contributed by atoms with Crippen molar-refractivity contribution in [3.05, 3.63) is 53.8 Å². The molecule has 0 aliphatic carbocycles. The van der Waals surface area contributed by atoms with Gasteiger partial charge < -0.3 is 5.11 Å². The second-order valence-corrected chi connectivity index (χ2v) is 12.7. The Labute approximate surface area is 162 Å². The van der Waals surface area contributed by atoms with E-state index in [0.717, 1.165) is 6.42 Å². The van der Waals surface area contributed by atoms with Crippen molar-refractivity contribution in [3.8, 4) is 0 Å². The van der Waals surface area contributed by atoms with Crippen LogP contribution in [0.25, 0.3) is 0 Å². The maximum atomic E-state index is 12.1. The molecule has 22 heavy (non-hydrogen) atoms. The molecule has 1 aromatic rings. The van der Waals surface area contributed by atoms with Gasteiger partial charge in [-0.15, -0.1) is 5.76 Å². The van der Waals surface area contributed by atoms with Gasteiger partial charge in [0.2, 0.25) is 0 Å². The molecule has 0 fully saturated rings. The summed E-state index contributed by atoms with van der Waals surface area (Å²) in [7, 11) is -1.28. The monoisotopic (exact) mass is 302 g/mol. The first-order chi connectivity index (χ1) is 9.09. The third-order valence-electron chi connectivity index (χ3n) is 3.23. The van der Waals surface area contributed by atoms with Gasteiger partial charge in [-0.25, -0.2) is 0 Å². The number of hydrogen-bond acceptors (Lipinski definition) is 1. The predicted octanol–water partition coefficient (Wildman–Crippen LogP) is 1.16. The molecule has 1 nitrogen and oxygen atoms in total. The van der Waals surface area contributed by atoms with Crippen LogP contribution in [0, 0.1) is 11.5 Å². The largest absolute Gasteiger partial charge is 1.00 e. The minimum absolute atomic E-state index is 0. The Morgan fingerprint density at radius 1 is 1.14 bits per heavy atom. The van der Waals surface area contributed by atoms with Crippen LogP contribution in [0.4, 0.5) is 0 Å². The fourth-order valence-electron chi connectivity index (χ4n) is 2.14. The molecule has 0 aliphatic heterocycles. The van der Waals surface area contributed by atoms with Crippen molar-refractivity contribution < 1.29 is 24.0 Å². The quantitative estimate of drug-likeness (QED) is 0.591. The zero-order valence-electron chi connectivity index (χ0n) is 15.7. The molecular weight excluding hydrogens is 274 g/mol. The second-order valence-electron chi connectivity index (χ2n) is 7.60. The van der Waals surface area contributed by atoms with E-state index >= 15 is 0 Å². The molecule has 0 bridgehead atoms. The SMILES string of the molecule is CC(C)(C)/C([O-])=C/CC([CH][Si](C)(C)C)c1ccccc1.[Li+].[Li]. The van der Waals surface area contributed by atoms with Crippen molar-refractivity contribution in [2.24, 2.45) is 5.41 Å². The molecule has 0 N–H and O–H groups in total. The molecule has 1 atom stereocenters. The topological polar surface area (TPSA) is 23.1 Å². The number of benzene rings is 1. The summed E-state index contributed by atoms with van der Waals surface area (Å²) >= 11 is 0. The standard InChI is InChI=1S/C18H29OSi.2Li/c1-18(2,3)17(19)13-12-16(14-20(4,5)6)15-10-8-7-9-11-15;;/h7-11,13-14,16,19H,12H2,1-6H3;;/q;;+1/p-1/b17-13-;;. The first-order valence-electron chi connectivity index (χ1n) is 7.38. The zero-order valence-corrected chi connectivity index (χ0v) is 16.7. The van der Waals surface area contributed by atoms with Gasteiger partial charge in [0.25, 0.3) is 0 Å². The average molecular weight is 302 g/mol. The summed E-state index contributed by atoms with van der Waals surface area (Å²) < 4.78 is 0. The molecule has 2 radical (unpaired) electrons. The van der Waals surface area contributed by atoms with E-state index in [2.05, 4.69) is 50.0 Å². The van der Waals surface area contributed by atoms with Gasteiger partial charge in [0.15, 0.2) is 0 Å². The van der Waals surface area contributed by atoms with E-state index in [0.29, 0.717) is 5.92 Å². The molecule has 0 heterocycles. The van der Waals surface area contributed by atoms with Gasteiger partial charge in [-0.1, -0.05) is 76.8 Å². The van der Waals surface area contributed by atoms with Gasteiger partial charge in [0.05, 0.1) is 0 Å². The second kappa shape index (κ2) is 10.1. The third kappa shape index (κ3) is 9.34. The van der Waals surface area contributed by atoms with E-state index in [1.54, 1.807) is 0 Å². The van der Waals surface area contributed by atoms with E-state index in [1.807, 2.05) is 32.9 Å².